The number of nitrogens with two attached hydrogens (primary N) is 1. The normalized spacial score (nSPS) is 11.0. The number of aromatic nitrogens is 1. The molecule has 198 valence electrons. The summed E-state index contributed by atoms with van der Waals surface area (Å²) in [5.41, 5.74) is 9.13. The number of carbonyl (C=O) groups is 2. The maximum absolute atomic E-state index is 13.7. The third-order valence-corrected chi connectivity index (χ3v) is 7.72. The van der Waals surface area contributed by atoms with E-state index in [1.807, 2.05) is 36.4 Å². The molecule has 0 aliphatic carbocycles. The summed E-state index contributed by atoms with van der Waals surface area (Å²) in [6, 6.07) is 16.8. The van der Waals surface area contributed by atoms with Gasteiger partial charge in [-0.2, -0.15) is 0 Å². The van der Waals surface area contributed by atoms with Crippen LogP contribution >= 0.6 is 11.3 Å². The number of thiophene rings is 1. The summed E-state index contributed by atoms with van der Waals surface area (Å²) < 4.78 is 21.7. The molecule has 0 amide bonds. The molecule has 0 bridgehead atoms. The van der Waals surface area contributed by atoms with E-state index < -0.39 is 5.97 Å². The molecule has 0 fully saturated rings. The van der Waals surface area contributed by atoms with Gasteiger partial charge in [0.05, 0.1) is 45.4 Å². The van der Waals surface area contributed by atoms with Crippen molar-refractivity contribution in [1.82, 2.24) is 4.98 Å². The first-order valence-electron chi connectivity index (χ1n) is 12.0. The predicted molar refractivity (Wildman–Crippen MR) is 153 cm³/mol. The quantitative estimate of drug-likeness (QED) is 0.195. The minimum atomic E-state index is -0.585. The van der Waals surface area contributed by atoms with Gasteiger partial charge in [-0.15, -0.1) is 11.3 Å². The van der Waals surface area contributed by atoms with Crippen molar-refractivity contribution in [2.75, 3.05) is 34.2 Å². The number of benzene rings is 3. The van der Waals surface area contributed by atoms with Gasteiger partial charge in [0, 0.05) is 16.5 Å². The lowest BCUT2D eigenvalue weighted by Gasteiger charge is -2.17. The SMILES string of the molecule is COC(=O)c1c(C)nc2sc(C(=O)c3ccc4ccccc4c3)c(N)c2c1-c1cc(OC)c(OC)c(OC)c1. The van der Waals surface area contributed by atoms with E-state index in [0.29, 0.717) is 54.7 Å². The second kappa shape index (κ2) is 10.3. The lowest BCUT2D eigenvalue weighted by molar-refractivity contribution is 0.0600. The number of hydrogen-bond acceptors (Lipinski definition) is 9. The van der Waals surface area contributed by atoms with Crippen molar-refractivity contribution in [2.45, 2.75) is 6.92 Å². The molecule has 2 aromatic heterocycles. The first-order chi connectivity index (χ1) is 18.8. The van der Waals surface area contributed by atoms with Gasteiger partial charge in [0.15, 0.2) is 11.5 Å². The third kappa shape index (κ3) is 4.30. The molecule has 0 unspecified atom stereocenters. The van der Waals surface area contributed by atoms with Crippen LogP contribution in [-0.2, 0) is 4.74 Å². The Kier molecular flexibility index (Phi) is 6.84. The van der Waals surface area contributed by atoms with Crippen molar-refractivity contribution in [3.05, 3.63) is 76.3 Å². The van der Waals surface area contributed by atoms with Gasteiger partial charge in [-0.3, -0.25) is 4.79 Å². The number of ketones is 1. The fraction of sp³-hybridized carbons (Fsp3) is 0.167. The van der Waals surface area contributed by atoms with E-state index in [-0.39, 0.29) is 17.0 Å². The highest BCUT2D eigenvalue weighted by molar-refractivity contribution is 7.21. The molecule has 3 aromatic carbocycles. The van der Waals surface area contributed by atoms with E-state index >= 15 is 0 Å². The largest absolute Gasteiger partial charge is 0.493 e. The topological polar surface area (TPSA) is 110 Å². The van der Waals surface area contributed by atoms with E-state index in [1.165, 1.54) is 39.8 Å². The monoisotopic (exact) mass is 542 g/mol. The molecule has 5 rings (SSSR count). The van der Waals surface area contributed by atoms with Crippen LogP contribution in [0, 0.1) is 6.92 Å². The number of hydrogen-bond donors (Lipinski definition) is 1. The van der Waals surface area contributed by atoms with E-state index in [9.17, 15) is 9.59 Å². The van der Waals surface area contributed by atoms with Crippen molar-refractivity contribution in [1.29, 1.82) is 0 Å². The maximum atomic E-state index is 13.7. The Balaban J connectivity index is 1.80. The van der Waals surface area contributed by atoms with Gasteiger partial charge >= 0.3 is 5.97 Å². The van der Waals surface area contributed by atoms with Gasteiger partial charge < -0.3 is 24.7 Å². The average Bonchev–Trinajstić information content (AvgIpc) is 3.29. The minimum absolute atomic E-state index is 0.227. The first-order valence-corrected chi connectivity index (χ1v) is 12.8. The van der Waals surface area contributed by atoms with Crippen molar-refractivity contribution < 1.29 is 28.5 Å². The Bertz CT molecular complexity index is 1750. The number of ether oxygens (including phenoxy) is 4. The molecule has 0 aliphatic rings. The van der Waals surface area contributed by atoms with Gasteiger partial charge in [-0.25, -0.2) is 9.78 Å². The molecule has 0 saturated heterocycles. The number of nitrogens with zero attached hydrogens (tertiary/aromatic N) is 1. The van der Waals surface area contributed by atoms with Crippen LogP contribution in [0.15, 0.2) is 54.6 Å². The van der Waals surface area contributed by atoms with Crippen molar-refractivity contribution in [3.63, 3.8) is 0 Å². The minimum Gasteiger partial charge on any atom is -0.493 e. The summed E-state index contributed by atoms with van der Waals surface area (Å²) in [7, 11) is 5.83. The molecular weight excluding hydrogens is 516 g/mol. The average molecular weight is 543 g/mol. The van der Waals surface area contributed by atoms with Gasteiger partial charge in [-0.05, 0) is 41.5 Å². The number of nitrogen functional groups attached to an aromatic ring is 1. The molecule has 0 radical (unpaired) electrons. The smallest absolute Gasteiger partial charge is 0.340 e. The van der Waals surface area contributed by atoms with E-state index in [1.54, 1.807) is 25.1 Å². The summed E-state index contributed by atoms with van der Waals surface area (Å²) in [6.07, 6.45) is 0. The van der Waals surface area contributed by atoms with Crippen molar-refractivity contribution >= 4 is 49.8 Å². The summed E-state index contributed by atoms with van der Waals surface area (Å²) >= 11 is 1.19. The predicted octanol–water partition coefficient (Wildman–Crippen LogP) is 6.05. The first kappa shape index (κ1) is 26.0. The molecule has 0 aliphatic heterocycles. The number of fused-ring (bicyclic) bond motifs is 2. The summed E-state index contributed by atoms with van der Waals surface area (Å²) in [5, 5.41) is 2.45. The molecule has 8 nitrogen and oxygen atoms in total. The summed E-state index contributed by atoms with van der Waals surface area (Å²) in [6.45, 7) is 1.72. The molecule has 0 spiro atoms. The zero-order valence-electron chi connectivity index (χ0n) is 22.1. The lowest BCUT2D eigenvalue weighted by Crippen LogP contribution is -2.09. The highest BCUT2D eigenvalue weighted by atomic mass is 32.1. The second-order valence-corrected chi connectivity index (χ2v) is 9.77. The fourth-order valence-electron chi connectivity index (χ4n) is 4.76. The van der Waals surface area contributed by atoms with E-state index in [2.05, 4.69) is 4.98 Å². The molecule has 2 N–H and O–H groups in total. The van der Waals surface area contributed by atoms with E-state index in [4.69, 9.17) is 24.7 Å². The number of anilines is 1. The molecule has 39 heavy (non-hydrogen) atoms. The Labute approximate surface area is 228 Å². The third-order valence-electron chi connectivity index (χ3n) is 6.62. The highest BCUT2D eigenvalue weighted by Gasteiger charge is 2.29. The summed E-state index contributed by atoms with van der Waals surface area (Å²) in [5.74, 6) is 0.377. The van der Waals surface area contributed by atoms with Crippen LogP contribution < -0.4 is 19.9 Å². The Morgan fingerprint density at radius 1 is 0.872 bits per heavy atom. The van der Waals surface area contributed by atoms with Crippen LogP contribution in [0.4, 0.5) is 5.69 Å². The van der Waals surface area contributed by atoms with Crippen LogP contribution in [-0.4, -0.2) is 45.2 Å². The van der Waals surface area contributed by atoms with Gasteiger partial charge in [-0.1, -0.05) is 36.4 Å². The highest BCUT2D eigenvalue weighted by Crippen LogP contribution is 2.47. The number of pyridine rings is 1. The number of esters is 1. The van der Waals surface area contributed by atoms with Crippen molar-refractivity contribution in [3.8, 4) is 28.4 Å². The molecule has 2 heterocycles. The van der Waals surface area contributed by atoms with Crippen LogP contribution in [0.1, 0.15) is 31.3 Å². The van der Waals surface area contributed by atoms with Crippen LogP contribution in [0.5, 0.6) is 17.2 Å². The Hall–Kier alpha value is -4.63. The van der Waals surface area contributed by atoms with E-state index in [0.717, 1.165) is 10.8 Å². The molecule has 0 atom stereocenters. The second-order valence-electron chi connectivity index (χ2n) is 8.77. The number of methoxy groups -OCH3 is 4. The van der Waals surface area contributed by atoms with Gasteiger partial charge in [0.1, 0.15) is 9.71 Å². The Morgan fingerprint density at radius 2 is 1.54 bits per heavy atom. The van der Waals surface area contributed by atoms with Crippen LogP contribution in [0.2, 0.25) is 0 Å². The standard InChI is InChI=1S/C30H26N2O6S/c1-15-22(30(34)38-5)23(19-13-20(35-2)27(37-4)21(14-19)36-3)24-25(31)28(39-29(24)32-15)26(33)18-11-10-16-8-6-7-9-17(16)12-18/h6-14H,31H2,1-5H3. The number of carbonyl (C=O) groups excluding carboxylic acids is 2. The molecule has 5 aromatic rings. The fourth-order valence-corrected chi connectivity index (χ4v) is 5.87. The zero-order valence-corrected chi connectivity index (χ0v) is 22.9. The maximum Gasteiger partial charge on any atom is 0.340 e. The summed E-state index contributed by atoms with van der Waals surface area (Å²) in [4.78, 5) is 32.3. The molecule has 9 heteroatoms. The van der Waals surface area contributed by atoms with Crippen LogP contribution in [0.25, 0.3) is 32.1 Å². The molecular formula is C30H26N2O6S. The van der Waals surface area contributed by atoms with Crippen molar-refractivity contribution in [2.24, 2.45) is 0 Å². The number of rotatable bonds is 7. The zero-order chi connectivity index (χ0) is 27.8. The Morgan fingerprint density at radius 3 is 2.15 bits per heavy atom. The molecule has 0 saturated carbocycles. The van der Waals surface area contributed by atoms with Gasteiger partial charge in [0.2, 0.25) is 11.5 Å². The number of aryl methyl sites for hydroxylation is 1. The van der Waals surface area contributed by atoms with Crippen LogP contribution in [0.3, 0.4) is 0 Å². The lowest BCUT2D eigenvalue weighted by atomic mass is 9.94. The van der Waals surface area contributed by atoms with Gasteiger partial charge in [0.25, 0.3) is 0 Å².